The lowest BCUT2D eigenvalue weighted by atomic mass is 9.96. The van der Waals surface area contributed by atoms with Crippen LogP contribution >= 0.6 is 34.2 Å². The van der Waals surface area contributed by atoms with Crippen molar-refractivity contribution in [3.63, 3.8) is 0 Å². The molecule has 0 bridgehead atoms. The van der Waals surface area contributed by atoms with Crippen LogP contribution in [0.4, 0.5) is 11.6 Å². The number of halogens is 2. The molecule has 2 aromatic carbocycles. The summed E-state index contributed by atoms with van der Waals surface area (Å²) in [6, 6.07) is 17.7. The quantitative estimate of drug-likeness (QED) is 0.163. The summed E-state index contributed by atoms with van der Waals surface area (Å²) >= 11 is 8.48. The largest absolute Gasteiger partial charge is 0.382 e. The Hall–Kier alpha value is -3.45. The van der Waals surface area contributed by atoms with Gasteiger partial charge in [-0.25, -0.2) is 9.97 Å². The van der Waals surface area contributed by atoms with Gasteiger partial charge in [0.05, 0.1) is 6.42 Å². The molecule has 0 spiro atoms. The zero-order valence-corrected chi connectivity index (χ0v) is 24.2. The van der Waals surface area contributed by atoms with Gasteiger partial charge in [0.1, 0.15) is 0 Å². The lowest BCUT2D eigenvalue weighted by Crippen LogP contribution is -2.43. The van der Waals surface area contributed by atoms with Crippen molar-refractivity contribution in [2.75, 3.05) is 30.7 Å². The molecular weight excluding hydrogens is 631 g/mol. The second kappa shape index (κ2) is 13.6. The van der Waals surface area contributed by atoms with Crippen molar-refractivity contribution >= 4 is 63.6 Å². The third-order valence-electron chi connectivity index (χ3n) is 6.42. The zero-order chi connectivity index (χ0) is 27.8. The van der Waals surface area contributed by atoms with Crippen molar-refractivity contribution in [3.05, 3.63) is 80.1 Å². The van der Waals surface area contributed by atoms with Crippen molar-refractivity contribution in [2.24, 2.45) is 16.6 Å². The summed E-state index contributed by atoms with van der Waals surface area (Å²) in [4.78, 5) is 39.3. The Morgan fingerprint density at radius 1 is 1.05 bits per heavy atom. The fraction of sp³-hybridized carbons (Fsp3) is 0.296. The topological polar surface area (TPSA) is 152 Å². The smallest absolute Gasteiger partial charge is 0.302 e. The molecular formula is C27H30ClIN8O2. The maximum Gasteiger partial charge on any atom is 0.302 e. The van der Waals surface area contributed by atoms with E-state index in [2.05, 4.69) is 48.2 Å². The number of nitrogens with one attached hydrogen (secondary N) is 2. The first-order chi connectivity index (χ1) is 18.8. The number of nitrogens with two attached hydrogens (primary N) is 2. The lowest BCUT2D eigenvalue weighted by Gasteiger charge is -2.32. The van der Waals surface area contributed by atoms with E-state index in [-0.39, 0.29) is 34.3 Å². The standard InChI is InChI=1S/C27H30ClIN8O2/c28-23-25(32-15-18-6-8-20(29)9-7-18)35-24(30)22(34-23)26(39)36-27(31)33-16-19-10-12-37(13-11-19)21(38)14-17-4-2-1-3-5-17/h1-9,19H,10-16H2,(H3,30,32,35)(H3,31,33,36,39). The van der Waals surface area contributed by atoms with Crippen LogP contribution in [0.5, 0.6) is 0 Å². The number of nitrogen functional groups attached to an aromatic ring is 1. The maximum absolute atomic E-state index is 12.7. The number of guanidine groups is 1. The minimum atomic E-state index is -0.739. The summed E-state index contributed by atoms with van der Waals surface area (Å²) in [6.45, 7) is 2.37. The first kappa shape index (κ1) is 28.6. The molecule has 0 unspecified atom stereocenters. The van der Waals surface area contributed by atoms with Gasteiger partial charge in [0.15, 0.2) is 28.4 Å². The van der Waals surface area contributed by atoms with Crippen LogP contribution in [0, 0.1) is 9.49 Å². The highest BCUT2D eigenvalue weighted by atomic mass is 127. The molecule has 12 heteroatoms. The second-order valence-electron chi connectivity index (χ2n) is 9.25. The number of aliphatic imine (C=N–C) groups is 1. The number of hydrogen-bond acceptors (Lipinski definition) is 6. The third-order valence-corrected chi connectivity index (χ3v) is 7.40. The van der Waals surface area contributed by atoms with Gasteiger partial charge in [0.2, 0.25) is 5.91 Å². The predicted molar refractivity (Wildman–Crippen MR) is 161 cm³/mol. The number of likely N-dealkylation sites (tertiary alicyclic amines) is 1. The molecule has 10 nitrogen and oxygen atoms in total. The average molecular weight is 661 g/mol. The molecule has 0 saturated carbocycles. The van der Waals surface area contributed by atoms with Gasteiger partial charge in [-0.1, -0.05) is 54.1 Å². The van der Waals surface area contributed by atoms with Crippen molar-refractivity contribution in [1.82, 2.24) is 20.2 Å². The van der Waals surface area contributed by atoms with Gasteiger partial charge in [-0.2, -0.15) is 4.99 Å². The first-order valence-corrected chi connectivity index (χ1v) is 14.0. The van der Waals surface area contributed by atoms with Gasteiger partial charge >= 0.3 is 5.91 Å². The molecule has 1 aromatic heterocycles. The molecule has 6 N–H and O–H groups in total. The Balaban J connectivity index is 1.25. The summed E-state index contributed by atoms with van der Waals surface area (Å²) in [6.07, 6.45) is 2.07. The number of benzene rings is 2. The minimum Gasteiger partial charge on any atom is -0.382 e. The van der Waals surface area contributed by atoms with Crippen molar-refractivity contribution in [2.45, 2.75) is 25.8 Å². The number of aromatic nitrogens is 2. The number of hydrogen-bond donors (Lipinski definition) is 4. The number of piperidine rings is 1. The van der Waals surface area contributed by atoms with Crippen LogP contribution in [0.15, 0.2) is 59.6 Å². The summed E-state index contributed by atoms with van der Waals surface area (Å²) in [7, 11) is 0. The van der Waals surface area contributed by atoms with Crippen molar-refractivity contribution < 1.29 is 9.59 Å². The molecule has 1 fully saturated rings. The number of carbonyl (C=O) groups is 2. The summed E-state index contributed by atoms with van der Waals surface area (Å²) < 4.78 is 1.13. The van der Waals surface area contributed by atoms with Crippen LogP contribution in [0.1, 0.15) is 34.5 Å². The van der Waals surface area contributed by atoms with E-state index in [1.807, 2.05) is 59.5 Å². The molecule has 39 heavy (non-hydrogen) atoms. The van der Waals surface area contributed by atoms with Gasteiger partial charge in [-0.15, -0.1) is 0 Å². The molecule has 0 radical (unpaired) electrons. The minimum absolute atomic E-state index is 0.00774. The predicted octanol–water partition coefficient (Wildman–Crippen LogP) is 3.45. The SMILES string of the molecule is N/C(=N\C(=O)c1nc(Cl)c(NCc2ccc(I)cc2)nc1N)NCC1CCN(C(=O)Cc2ccccc2)CC1. The molecule has 2 amide bonds. The van der Waals surface area contributed by atoms with E-state index in [1.165, 1.54) is 0 Å². The molecule has 0 atom stereocenters. The van der Waals surface area contributed by atoms with E-state index in [9.17, 15) is 9.59 Å². The zero-order valence-electron chi connectivity index (χ0n) is 21.2. The number of nitrogens with zero attached hydrogens (tertiary/aromatic N) is 4. The van der Waals surface area contributed by atoms with E-state index < -0.39 is 5.91 Å². The van der Waals surface area contributed by atoms with Gasteiger partial charge in [0.25, 0.3) is 0 Å². The first-order valence-electron chi connectivity index (χ1n) is 12.5. The van der Waals surface area contributed by atoms with Crippen molar-refractivity contribution in [3.8, 4) is 0 Å². The Kier molecular flexibility index (Phi) is 9.93. The maximum atomic E-state index is 12.7. The lowest BCUT2D eigenvalue weighted by molar-refractivity contribution is -0.131. The Morgan fingerprint density at radius 3 is 2.44 bits per heavy atom. The van der Waals surface area contributed by atoms with E-state index in [1.54, 1.807) is 0 Å². The average Bonchev–Trinajstić information content (AvgIpc) is 2.93. The van der Waals surface area contributed by atoms with Crippen LogP contribution in [0.3, 0.4) is 0 Å². The molecule has 1 saturated heterocycles. The highest BCUT2D eigenvalue weighted by Crippen LogP contribution is 2.22. The van der Waals surface area contributed by atoms with Gasteiger partial charge in [0, 0.05) is 29.7 Å². The number of amides is 2. The fourth-order valence-corrected chi connectivity index (χ4v) is 4.76. The summed E-state index contributed by atoms with van der Waals surface area (Å²) in [5.41, 5.74) is 13.8. The molecule has 1 aliphatic heterocycles. The van der Waals surface area contributed by atoms with Crippen LogP contribution in [-0.4, -0.2) is 52.3 Å². The summed E-state index contributed by atoms with van der Waals surface area (Å²) in [5.74, 6) is -0.176. The highest BCUT2D eigenvalue weighted by molar-refractivity contribution is 14.1. The highest BCUT2D eigenvalue weighted by Gasteiger charge is 2.23. The van der Waals surface area contributed by atoms with E-state index in [4.69, 9.17) is 23.1 Å². The monoisotopic (exact) mass is 660 g/mol. The van der Waals surface area contributed by atoms with Gasteiger partial charge in [-0.05, 0) is 64.6 Å². The Bertz CT molecular complexity index is 1330. The van der Waals surface area contributed by atoms with Crippen LogP contribution in [0.25, 0.3) is 0 Å². The van der Waals surface area contributed by atoms with E-state index >= 15 is 0 Å². The normalized spacial score (nSPS) is 14.2. The fourth-order valence-electron chi connectivity index (χ4n) is 4.21. The molecule has 204 valence electrons. The van der Waals surface area contributed by atoms with Crippen molar-refractivity contribution in [1.29, 1.82) is 0 Å². The third kappa shape index (κ3) is 8.27. The van der Waals surface area contributed by atoms with Crippen LogP contribution < -0.4 is 22.1 Å². The second-order valence-corrected chi connectivity index (χ2v) is 10.9. The van der Waals surface area contributed by atoms with Gasteiger partial charge in [-0.3, -0.25) is 9.59 Å². The molecule has 2 heterocycles. The van der Waals surface area contributed by atoms with E-state index in [0.717, 1.165) is 27.5 Å². The van der Waals surface area contributed by atoms with Crippen LogP contribution in [-0.2, 0) is 17.8 Å². The number of anilines is 2. The molecule has 1 aliphatic rings. The van der Waals surface area contributed by atoms with Gasteiger partial charge < -0.3 is 27.0 Å². The summed E-state index contributed by atoms with van der Waals surface area (Å²) in [5, 5.41) is 6.08. The molecule has 0 aliphatic carbocycles. The molecule has 3 aromatic rings. The van der Waals surface area contributed by atoms with Crippen LogP contribution in [0.2, 0.25) is 5.15 Å². The number of rotatable bonds is 8. The molecule has 4 rings (SSSR count). The number of carbonyl (C=O) groups excluding carboxylic acids is 2. The Morgan fingerprint density at radius 2 is 1.74 bits per heavy atom. The van der Waals surface area contributed by atoms with E-state index in [0.29, 0.717) is 38.5 Å². The Labute approximate surface area is 245 Å².